The number of aromatic nitrogens is 3. The number of rotatable bonds is 5. The van der Waals surface area contributed by atoms with Crippen LogP contribution in [-0.4, -0.2) is 34.3 Å². The molecule has 2 aromatic heterocycles. The van der Waals surface area contributed by atoms with E-state index in [0.717, 1.165) is 11.3 Å². The molecule has 0 aromatic carbocycles. The van der Waals surface area contributed by atoms with E-state index >= 15 is 0 Å². The van der Waals surface area contributed by atoms with Gasteiger partial charge in [0.15, 0.2) is 5.13 Å². The summed E-state index contributed by atoms with van der Waals surface area (Å²) in [7, 11) is -2.14. The second-order valence-electron chi connectivity index (χ2n) is 3.67. The maximum atomic E-state index is 11.9. The lowest BCUT2D eigenvalue weighted by Gasteiger charge is -2.01. The number of nitrogens with one attached hydrogen (secondary N) is 1. The highest BCUT2D eigenvalue weighted by atomic mass is 32.2. The van der Waals surface area contributed by atoms with Crippen LogP contribution in [-0.2, 0) is 28.3 Å². The number of carboxylic acids is 1. The van der Waals surface area contributed by atoms with E-state index in [9.17, 15) is 13.2 Å². The molecule has 0 saturated heterocycles. The average Bonchev–Trinajstić information content (AvgIpc) is 2.87. The summed E-state index contributed by atoms with van der Waals surface area (Å²) in [6, 6.07) is 0. The van der Waals surface area contributed by atoms with E-state index in [1.165, 1.54) is 22.5 Å². The monoisotopic (exact) mass is 302 g/mol. The van der Waals surface area contributed by atoms with Crippen molar-refractivity contribution in [2.24, 2.45) is 7.05 Å². The zero-order chi connectivity index (χ0) is 14.0. The Kier molecular flexibility index (Phi) is 3.53. The van der Waals surface area contributed by atoms with Crippen LogP contribution in [0, 0.1) is 0 Å². The molecule has 0 radical (unpaired) electrons. The van der Waals surface area contributed by atoms with Gasteiger partial charge in [0.05, 0.1) is 18.3 Å². The van der Waals surface area contributed by atoms with Gasteiger partial charge in [0.25, 0.3) is 10.0 Å². The van der Waals surface area contributed by atoms with Gasteiger partial charge in [-0.25, -0.2) is 13.4 Å². The van der Waals surface area contributed by atoms with Crippen LogP contribution in [0.15, 0.2) is 22.7 Å². The van der Waals surface area contributed by atoms with E-state index in [-0.39, 0.29) is 16.4 Å². The Labute approximate surface area is 112 Å². The summed E-state index contributed by atoms with van der Waals surface area (Å²) in [6.45, 7) is 0. The molecule has 2 rings (SSSR count). The second kappa shape index (κ2) is 4.97. The van der Waals surface area contributed by atoms with Crippen molar-refractivity contribution in [3.63, 3.8) is 0 Å². The van der Waals surface area contributed by atoms with E-state index in [0.29, 0.717) is 5.69 Å². The van der Waals surface area contributed by atoms with Crippen LogP contribution in [0.3, 0.4) is 0 Å². The number of aliphatic carboxylic acids is 1. The predicted octanol–water partition coefficient (Wildman–Crippen LogP) is 0.304. The largest absolute Gasteiger partial charge is 0.481 e. The molecule has 0 amide bonds. The van der Waals surface area contributed by atoms with Crippen molar-refractivity contribution < 1.29 is 18.3 Å². The minimum atomic E-state index is -3.74. The molecule has 0 aliphatic rings. The topological polar surface area (TPSA) is 114 Å². The lowest BCUT2D eigenvalue weighted by molar-refractivity contribution is -0.136. The van der Waals surface area contributed by atoms with E-state index in [1.807, 2.05) is 0 Å². The molecule has 19 heavy (non-hydrogen) atoms. The summed E-state index contributed by atoms with van der Waals surface area (Å²) < 4.78 is 27.5. The summed E-state index contributed by atoms with van der Waals surface area (Å²) in [5, 5.41) is 14.0. The third-order valence-electron chi connectivity index (χ3n) is 2.10. The highest BCUT2D eigenvalue weighted by molar-refractivity contribution is 7.93. The Morgan fingerprint density at radius 1 is 1.58 bits per heavy atom. The fourth-order valence-corrected chi connectivity index (χ4v) is 3.25. The van der Waals surface area contributed by atoms with Crippen molar-refractivity contribution in [2.45, 2.75) is 11.3 Å². The van der Waals surface area contributed by atoms with Crippen molar-refractivity contribution in [3.8, 4) is 0 Å². The van der Waals surface area contributed by atoms with Crippen LogP contribution in [0.2, 0.25) is 0 Å². The van der Waals surface area contributed by atoms with Gasteiger partial charge in [-0.2, -0.15) is 5.10 Å². The molecule has 102 valence electrons. The third-order valence-corrected chi connectivity index (χ3v) is 4.33. The Balaban J connectivity index is 2.16. The van der Waals surface area contributed by atoms with Crippen LogP contribution in [0.4, 0.5) is 5.13 Å². The number of sulfonamides is 1. The first kappa shape index (κ1) is 13.5. The molecular weight excluding hydrogens is 292 g/mol. The first-order valence-electron chi connectivity index (χ1n) is 5.04. The van der Waals surface area contributed by atoms with Crippen molar-refractivity contribution >= 4 is 32.5 Å². The van der Waals surface area contributed by atoms with Gasteiger partial charge in [0.1, 0.15) is 4.90 Å². The second-order valence-corrected chi connectivity index (χ2v) is 6.21. The lowest BCUT2D eigenvalue weighted by atomic mass is 10.3. The molecule has 10 heteroatoms. The van der Waals surface area contributed by atoms with Crippen LogP contribution < -0.4 is 4.72 Å². The minimum absolute atomic E-state index is 0.0185. The standard InChI is InChI=1S/C9H10N4O4S2/c1-13-4-7(3-10-13)19(16,17)12-9-11-6(5-18-9)2-8(14)15/h3-5H,2H2,1H3,(H,11,12)(H,14,15). The highest BCUT2D eigenvalue weighted by Gasteiger charge is 2.18. The average molecular weight is 302 g/mol. The molecule has 0 saturated carbocycles. The van der Waals surface area contributed by atoms with Gasteiger partial charge < -0.3 is 5.11 Å². The Morgan fingerprint density at radius 3 is 2.89 bits per heavy atom. The molecule has 2 aromatic rings. The number of aryl methyl sites for hydroxylation is 1. The van der Waals surface area contributed by atoms with Gasteiger partial charge in [-0.05, 0) is 0 Å². The fraction of sp³-hybridized carbons (Fsp3) is 0.222. The van der Waals surface area contributed by atoms with Gasteiger partial charge in [-0.15, -0.1) is 11.3 Å². The summed E-state index contributed by atoms with van der Waals surface area (Å²) in [5.41, 5.74) is 0.307. The fourth-order valence-electron chi connectivity index (χ4n) is 1.30. The molecule has 0 aliphatic heterocycles. The molecule has 0 unspecified atom stereocenters. The number of carbonyl (C=O) groups is 1. The lowest BCUT2D eigenvalue weighted by Crippen LogP contribution is -2.12. The number of nitrogens with zero attached hydrogens (tertiary/aromatic N) is 3. The van der Waals surface area contributed by atoms with Crippen molar-refractivity contribution in [2.75, 3.05) is 4.72 Å². The highest BCUT2D eigenvalue weighted by Crippen LogP contribution is 2.20. The Hall–Kier alpha value is -1.94. The van der Waals surface area contributed by atoms with Gasteiger partial charge >= 0.3 is 5.97 Å². The summed E-state index contributed by atoms with van der Waals surface area (Å²) in [6.07, 6.45) is 2.33. The first-order chi connectivity index (χ1) is 8.87. The number of carboxylic acid groups (broad SMARTS) is 1. The molecule has 0 bridgehead atoms. The van der Waals surface area contributed by atoms with Crippen LogP contribution >= 0.6 is 11.3 Å². The third kappa shape index (κ3) is 3.29. The first-order valence-corrected chi connectivity index (χ1v) is 7.41. The smallest absolute Gasteiger partial charge is 0.309 e. The molecule has 0 aliphatic carbocycles. The molecule has 0 atom stereocenters. The summed E-state index contributed by atoms with van der Waals surface area (Å²) in [5.74, 6) is -1.02. The number of anilines is 1. The molecule has 0 fully saturated rings. The minimum Gasteiger partial charge on any atom is -0.481 e. The predicted molar refractivity (Wildman–Crippen MR) is 67.5 cm³/mol. The quantitative estimate of drug-likeness (QED) is 0.821. The van der Waals surface area contributed by atoms with Crippen molar-refractivity contribution in [3.05, 3.63) is 23.5 Å². The zero-order valence-corrected chi connectivity index (χ0v) is 11.4. The Morgan fingerprint density at radius 2 is 2.32 bits per heavy atom. The van der Waals surface area contributed by atoms with Gasteiger partial charge in [-0.3, -0.25) is 14.2 Å². The SMILES string of the molecule is Cn1cc(S(=O)(=O)Nc2nc(CC(=O)O)cs2)cn1. The number of thiazole rings is 1. The maximum Gasteiger partial charge on any atom is 0.309 e. The van der Waals surface area contributed by atoms with Crippen LogP contribution in [0.25, 0.3) is 0 Å². The summed E-state index contributed by atoms with van der Waals surface area (Å²) in [4.78, 5) is 14.4. The normalized spacial score (nSPS) is 11.4. The van der Waals surface area contributed by atoms with E-state index in [1.54, 1.807) is 7.05 Å². The molecule has 8 nitrogen and oxygen atoms in total. The summed E-state index contributed by atoms with van der Waals surface area (Å²) >= 11 is 1.03. The molecular formula is C9H10N4O4S2. The van der Waals surface area contributed by atoms with Crippen LogP contribution in [0.1, 0.15) is 5.69 Å². The van der Waals surface area contributed by atoms with Gasteiger partial charge in [0.2, 0.25) is 0 Å². The van der Waals surface area contributed by atoms with Crippen molar-refractivity contribution in [1.29, 1.82) is 0 Å². The molecule has 0 spiro atoms. The van der Waals surface area contributed by atoms with Crippen LogP contribution in [0.5, 0.6) is 0 Å². The Bertz CT molecular complexity index is 703. The van der Waals surface area contributed by atoms with Gasteiger partial charge in [0, 0.05) is 18.6 Å². The number of hydrogen-bond donors (Lipinski definition) is 2. The number of hydrogen-bond acceptors (Lipinski definition) is 6. The van der Waals surface area contributed by atoms with Gasteiger partial charge in [-0.1, -0.05) is 0 Å². The molecule has 2 N–H and O–H groups in total. The van der Waals surface area contributed by atoms with E-state index < -0.39 is 16.0 Å². The van der Waals surface area contributed by atoms with E-state index in [2.05, 4.69) is 14.8 Å². The zero-order valence-electron chi connectivity index (χ0n) is 9.77. The van der Waals surface area contributed by atoms with Crippen molar-refractivity contribution in [1.82, 2.24) is 14.8 Å². The maximum absolute atomic E-state index is 11.9. The molecule has 2 heterocycles. The van der Waals surface area contributed by atoms with E-state index in [4.69, 9.17) is 5.11 Å².